The molecule has 18 heavy (non-hydrogen) atoms. The molecule has 0 aromatic heterocycles. The van der Waals surface area contributed by atoms with Crippen molar-refractivity contribution in [1.29, 1.82) is 0 Å². The van der Waals surface area contributed by atoms with Crippen molar-refractivity contribution in [3.05, 3.63) is 35.6 Å². The van der Waals surface area contributed by atoms with Crippen molar-refractivity contribution >= 4 is 5.91 Å². The number of ether oxygens (including phenoxy) is 1. The van der Waals surface area contributed by atoms with Crippen molar-refractivity contribution in [3.63, 3.8) is 0 Å². The lowest BCUT2D eigenvalue weighted by atomic mass is 10.2. The number of hydrogen-bond acceptors (Lipinski definition) is 2. The summed E-state index contributed by atoms with van der Waals surface area (Å²) in [4.78, 5) is 13.7. The van der Waals surface area contributed by atoms with Crippen LogP contribution in [-0.4, -0.2) is 30.1 Å². The van der Waals surface area contributed by atoms with Crippen molar-refractivity contribution < 1.29 is 13.9 Å². The summed E-state index contributed by atoms with van der Waals surface area (Å²) < 4.78 is 18.7. The molecule has 4 heteroatoms. The lowest BCUT2D eigenvalue weighted by molar-refractivity contribution is -0.137. The zero-order valence-electron chi connectivity index (χ0n) is 10.6. The van der Waals surface area contributed by atoms with Crippen molar-refractivity contribution in [2.45, 2.75) is 32.4 Å². The maximum Gasteiger partial charge on any atom is 0.249 e. The molecule has 0 saturated heterocycles. The summed E-state index contributed by atoms with van der Waals surface area (Å²) in [6.45, 7) is 2.79. The van der Waals surface area contributed by atoms with E-state index in [2.05, 4.69) is 0 Å². The van der Waals surface area contributed by atoms with Gasteiger partial charge >= 0.3 is 0 Å². The Labute approximate surface area is 107 Å². The van der Waals surface area contributed by atoms with Gasteiger partial charge in [-0.15, -0.1) is 0 Å². The topological polar surface area (TPSA) is 29.5 Å². The van der Waals surface area contributed by atoms with Gasteiger partial charge in [0.2, 0.25) is 5.91 Å². The number of rotatable bonds is 6. The third kappa shape index (κ3) is 3.29. The van der Waals surface area contributed by atoms with Crippen LogP contribution < -0.4 is 0 Å². The minimum absolute atomic E-state index is 0.0531. The molecule has 3 nitrogen and oxygen atoms in total. The molecule has 0 radical (unpaired) electrons. The molecular formula is C14H18FNO2. The van der Waals surface area contributed by atoms with Gasteiger partial charge in [-0.2, -0.15) is 0 Å². The summed E-state index contributed by atoms with van der Waals surface area (Å²) in [5, 5.41) is 0. The highest BCUT2D eigenvalue weighted by atomic mass is 19.1. The van der Waals surface area contributed by atoms with Gasteiger partial charge in [0.1, 0.15) is 12.4 Å². The zero-order chi connectivity index (χ0) is 13.0. The van der Waals surface area contributed by atoms with Crippen molar-refractivity contribution in [1.82, 2.24) is 4.90 Å². The number of amides is 1. The molecule has 1 aliphatic rings. The first kappa shape index (κ1) is 13.0. The number of halogens is 1. The number of carbonyl (C=O) groups excluding carboxylic acids is 1. The van der Waals surface area contributed by atoms with E-state index < -0.39 is 0 Å². The van der Waals surface area contributed by atoms with Gasteiger partial charge in [0, 0.05) is 24.8 Å². The molecule has 0 atom stereocenters. The molecule has 1 aliphatic carbocycles. The number of carbonyl (C=O) groups is 1. The van der Waals surface area contributed by atoms with Crippen molar-refractivity contribution in [3.8, 4) is 0 Å². The fourth-order valence-electron chi connectivity index (χ4n) is 1.89. The van der Waals surface area contributed by atoms with Gasteiger partial charge in [-0.3, -0.25) is 4.79 Å². The monoisotopic (exact) mass is 251 g/mol. The van der Waals surface area contributed by atoms with Gasteiger partial charge in [0.25, 0.3) is 0 Å². The van der Waals surface area contributed by atoms with E-state index in [1.165, 1.54) is 6.07 Å². The number of benzene rings is 1. The largest absolute Gasteiger partial charge is 0.372 e. The molecule has 0 heterocycles. The van der Waals surface area contributed by atoms with Crippen LogP contribution in [0.5, 0.6) is 0 Å². The van der Waals surface area contributed by atoms with Crippen molar-refractivity contribution in [2.75, 3.05) is 13.2 Å². The first-order valence-electron chi connectivity index (χ1n) is 6.33. The van der Waals surface area contributed by atoms with Gasteiger partial charge < -0.3 is 9.64 Å². The molecule has 98 valence electrons. The smallest absolute Gasteiger partial charge is 0.249 e. The third-order valence-corrected chi connectivity index (χ3v) is 3.04. The summed E-state index contributed by atoms with van der Waals surface area (Å²) in [5.74, 6) is -0.310. The van der Waals surface area contributed by atoms with E-state index >= 15 is 0 Å². The van der Waals surface area contributed by atoms with Gasteiger partial charge in [-0.1, -0.05) is 18.2 Å². The van der Waals surface area contributed by atoms with Crippen LogP contribution in [0.1, 0.15) is 25.3 Å². The number of nitrogens with zero attached hydrogens (tertiary/aromatic N) is 1. The highest BCUT2D eigenvalue weighted by Gasteiger charge is 2.32. The van der Waals surface area contributed by atoms with Gasteiger partial charge in [-0.25, -0.2) is 4.39 Å². The third-order valence-electron chi connectivity index (χ3n) is 3.04. The average molecular weight is 251 g/mol. The lowest BCUT2D eigenvalue weighted by Gasteiger charge is -2.22. The second kappa shape index (κ2) is 5.96. The first-order chi connectivity index (χ1) is 8.72. The second-order valence-corrected chi connectivity index (χ2v) is 4.48. The Morgan fingerprint density at radius 1 is 1.44 bits per heavy atom. The Bertz CT molecular complexity index is 418. The summed E-state index contributed by atoms with van der Waals surface area (Å²) in [5.41, 5.74) is 0.564. The Kier molecular flexibility index (Phi) is 4.31. The molecule has 1 aromatic carbocycles. The lowest BCUT2D eigenvalue weighted by Crippen LogP contribution is -2.35. The minimum Gasteiger partial charge on any atom is -0.372 e. The molecule has 0 aliphatic heterocycles. The summed E-state index contributed by atoms with van der Waals surface area (Å²) in [7, 11) is 0. The first-order valence-corrected chi connectivity index (χ1v) is 6.33. The molecule has 0 N–H and O–H groups in total. The van der Waals surface area contributed by atoms with Crippen LogP contribution in [0.2, 0.25) is 0 Å². The summed E-state index contributed by atoms with van der Waals surface area (Å²) in [6, 6.07) is 6.85. The molecule has 2 rings (SSSR count). The molecular weight excluding hydrogens is 233 g/mol. The molecule has 1 fully saturated rings. The molecule has 1 amide bonds. The van der Waals surface area contributed by atoms with E-state index in [1.807, 2.05) is 6.92 Å². The van der Waals surface area contributed by atoms with E-state index in [4.69, 9.17) is 4.74 Å². The van der Waals surface area contributed by atoms with Gasteiger partial charge in [0.15, 0.2) is 0 Å². The quantitative estimate of drug-likeness (QED) is 0.776. The van der Waals surface area contributed by atoms with E-state index in [-0.39, 0.29) is 24.4 Å². The minimum atomic E-state index is -0.257. The van der Waals surface area contributed by atoms with E-state index in [0.29, 0.717) is 18.7 Å². The van der Waals surface area contributed by atoms with E-state index in [1.54, 1.807) is 23.1 Å². The fraction of sp³-hybridized carbons (Fsp3) is 0.500. The Balaban J connectivity index is 2.02. The van der Waals surface area contributed by atoms with Crippen LogP contribution in [0, 0.1) is 5.82 Å². The van der Waals surface area contributed by atoms with Crippen molar-refractivity contribution in [2.24, 2.45) is 0 Å². The summed E-state index contributed by atoms with van der Waals surface area (Å²) >= 11 is 0. The fourth-order valence-corrected chi connectivity index (χ4v) is 1.89. The maximum atomic E-state index is 13.6. The molecule has 0 bridgehead atoms. The van der Waals surface area contributed by atoms with Crippen LogP contribution in [-0.2, 0) is 16.1 Å². The maximum absolute atomic E-state index is 13.6. The standard InChI is InChI=1S/C14H18FNO2/c1-2-18-10-14(17)16(12-7-8-12)9-11-5-3-4-6-13(11)15/h3-6,12H,2,7-10H2,1H3. The normalized spacial score (nSPS) is 14.6. The van der Waals surface area contributed by atoms with Crippen LogP contribution >= 0.6 is 0 Å². The molecule has 0 spiro atoms. The summed E-state index contributed by atoms with van der Waals surface area (Å²) in [6.07, 6.45) is 2.01. The molecule has 0 unspecified atom stereocenters. The predicted molar refractivity (Wildman–Crippen MR) is 66.5 cm³/mol. The average Bonchev–Trinajstić information content (AvgIpc) is 3.19. The second-order valence-electron chi connectivity index (χ2n) is 4.48. The SMILES string of the molecule is CCOCC(=O)N(Cc1ccccc1F)C1CC1. The van der Waals surface area contributed by atoms with E-state index in [0.717, 1.165) is 12.8 Å². The Morgan fingerprint density at radius 3 is 2.78 bits per heavy atom. The van der Waals surface area contributed by atoms with Gasteiger partial charge in [0.05, 0.1) is 0 Å². The highest BCUT2D eigenvalue weighted by Crippen LogP contribution is 2.28. The van der Waals surface area contributed by atoms with Crippen LogP contribution in [0.25, 0.3) is 0 Å². The predicted octanol–water partition coefficient (Wildman–Crippen LogP) is 2.35. The van der Waals surface area contributed by atoms with Crippen LogP contribution in [0.3, 0.4) is 0 Å². The molecule has 1 saturated carbocycles. The zero-order valence-corrected chi connectivity index (χ0v) is 10.6. The van der Waals surface area contributed by atoms with E-state index in [9.17, 15) is 9.18 Å². The van der Waals surface area contributed by atoms with Crippen LogP contribution in [0.15, 0.2) is 24.3 Å². The Hall–Kier alpha value is -1.42. The highest BCUT2D eigenvalue weighted by molar-refractivity contribution is 5.78. The number of hydrogen-bond donors (Lipinski definition) is 0. The van der Waals surface area contributed by atoms with Crippen LogP contribution in [0.4, 0.5) is 4.39 Å². The Morgan fingerprint density at radius 2 is 2.17 bits per heavy atom. The van der Waals surface area contributed by atoms with Gasteiger partial charge in [-0.05, 0) is 25.8 Å². The molecule has 1 aromatic rings.